The molecular weight excluding hydrogens is 77.5 g/mol. The minimum Gasteiger partial charge on any atom is -0.282 e. The highest BCUT2D eigenvalue weighted by molar-refractivity contribution is 6.62. The number of hydrogen-bond donors (Lipinski definition) is 0. The van der Waals surface area contributed by atoms with Crippen LogP contribution in [-0.4, -0.2) is 5.24 Å². The molecule has 0 aromatic rings. The number of halogens is 1. The summed E-state index contributed by atoms with van der Waals surface area (Å²) < 4.78 is 18.7. The lowest BCUT2D eigenvalue weighted by Crippen LogP contribution is -1.62. The zero-order chi connectivity index (χ0) is 6.08. The molecule has 0 amide bonds. The van der Waals surface area contributed by atoms with Crippen LogP contribution < -0.4 is 0 Å². The molecule has 24 valence electrons. The van der Waals surface area contributed by atoms with Crippen molar-refractivity contribution in [2.24, 2.45) is 0 Å². The number of rotatable bonds is 0. The van der Waals surface area contributed by atoms with E-state index in [9.17, 15) is 4.79 Å². The summed E-state index contributed by atoms with van der Waals surface area (Å²) in [7, 11) is 0. The largest absolute Gasteiger partial charge is 0.282 e. The molecule has 0 spiro atoms. The van der Waals surface area contributed by atoms with Gasteiger partial charge in [0.15, 0.2) is 0 Å². The number of carbonyl (C=O) groups excluding carboxylic acids is 1. The van der Waals surface area contributed by atoms with Crippen molar-refractivity contribution < 1.29 is 8.91 Å². The first-order chi connectivity index (χ1) is 2.94. The monoisotopic (exact) mass is 83.0 g/mol. The van der Waals surface area contributed by atoms with Crippen molar-refractivity contribution in [3.05, 3.63) is 0 Å². The Bertz CT molecular complexity index is 85.4. The Morgan fingerprint density at radius 1 is 2.50 bits per heavy atom. The van der Waals surface area contributed by atoms with Gasteiger partial charge in [0.1, 0.15) is 0 Å². The Morgan fingerprint density at radius 3 is 2.75 bits per heavy atom. The van der Waals surface area contributed by atoms with Crippen LogP contribution in [0.25, 0.3) is 0 Å². The molecule has 0 aromatic heterocycles. The van der Waals surface area contributed by atoms with E-state index in [1.54, 1.807) is 0 Å². The van der Waals surface area contributed by atoms with Gasteiger partial charge in [-0.25, -0.2) is 0 Å². The molecule has 0 rings (SSSR count). The molecule has 0 N–H and O–H groups in total. The molecule has 0 heterocycles. The molecule has 0 saturated carbocycles. The standard InChI is InChI=1S/C2H3ClO/c1-2(3)4/h1H3/i1+1D3,2+1. The summed E-state index contributed by atoms with van der Waals surface area (Å²) in [6, 6.07) is 0. The van der Waals surface area contributed by atoms with Crippen LogP contribution in [0.15, 0.2) is 0 Å². The Hall–Kier alpha value is -0.0400. The van der Waals surface area contributed by atoms with Gasteiger partial charge in [0.05, 0.1) is 0 Å². The third-order valence-corrected chi connectivity index (χ3v) is 0. The molecule has 0 unspecified atom stereocenters. The molecular formula is C2H3ClO. The summed E-state index contributed by atoms with van der Waals surface area (Å²) in [4.78, 5) is 9.67. The summed E-state index contributed by atoms with van der Waals surface area (Å²) in [5.74, 6) is 0. The third-order valence-electron chi connectivity index (χ3n) is 0. The van der Waals surface area contributed by atoms with Crippen LogP contribution in [0.2, 0.25) is 0 Å². The zero-order valence-electron chi connectivity index (χ0n) is 4.79. The van der Waals surface area contributed by atoms with Gasteiger partial charge in [-0.3, -0.25) is 4.79 Å². The minimum absolute atomic E-state index is 1.28. The minimum atomic E-state index is -2.62. The summed E-state index contributed by atoms with van der Waals surface area (Å²) >= 11 is 4.55. The van der Waals surface area contributed by atoms with Gasteiger partial charge in [-0.05, 0) is 11.6 Å². The molecule has 4 heavy (non-hydrogen) atoms. The highest BCUT2D eigenvalue weighted by Gasteiger charge is 1.67. The van der Waals surface area contributed by atoms with Gasteiger partial charge in [-0.1, -0.05) is 0 Å². The van der Waals surface area contributed by atoms with Crippen LogP contribution in [0.4, 0.5) is 0 Å². The van der Waals surface area contributed by atoms with Crippen LogP contribution >= 0.6 is 11.6 Å². The quantitative estimate of drug-likeness (QED) is 0.312. The van der Waals surface area contributed by atoms with Crippen molar-refractivity contribution in [3.63, 3.8) is 0 Å². The number of hydrogen-bond acceptors (Lipinski definition) is 1. The summed E-state index contributed by atoms with van der Waals surface area (Å²) in [5, 5.41) is -1.28. The molecule has 0 aromatic carbocycles. The fourth-order valence-corrected chi connectivity index (χ4v) is 0. The SMILES string of the molecule is [2H][13C]([2H])([2H])[13C](=O)Cl. The van der Waals surface area contributed by atoms with Gasteiger partial charge >= 0.3 is 0 Å². The first kappa shape index (κ1) is 0.977. The summed E-state index contributed by atoms with van der Waals surface area (Å²) in [5.41, 5.74) is 0. The Kier molecular flexibility index (Phi) is 0.317. The molecule has 0 aliphatic heterocycles. The lowest BCUT2D eigenvalue weighted by molar-refractivity contribution is -0.109. The van der Waals surface area contributed by atoms with Crippen molar-refractivity contribution in [2.75, 3.05) is 0 Å². The van der Waals surface area contributed by atoms with E-state index in [0.717, 1.165) is 0 Å². The van der Waals surface area contributed by atoms with E-state index >= 15 is 0 Å². The third kappa shape index (κ3) is 1130. The van der Waals surface area contributed by atoms with E-state index in [1.165, 1.54) is 0 Å². The van der Waals surface area contributed by atoms with Crippen LogP contribution in [0.1, 0.15) is 11.0 Å². The second-order valence-electron chi connectivity index (χ2n) is 0.274. The predicted molar refractivity (Wildman–Crippen MR) is 16.5 cm³/mol. The fraction of sp³-hybridized carbons (Fsp3) is 0.500. The Morgan fingerprint density at radius 2 is 2.75 bits per heavy atom. The van der Waals surface area contributed by atoms with Gasteiger partial charge in [-0.15, -0.1) is 0 Å². The number of carbonyl (C=O) groups is 1. The maximum absolute atomic E-state index is 9.67. The molecule has 1 nitrogen and oxygen atoms in total. The molecule has 0 radical (unpaired) electrons. The zero-order valence-corrected chi connectivity index (χ0v) is 2.54. The summed E-state index contributed by atoms with van der Waals surface area (Å²) in [6.07, 6.45) is 0. The van der Waals surface area contributed by atoms with Crippen molar-refractivity contribution in [1.29, 1.82) is 0 Å². The average Bonchev–Trinajstić information content (AvgIpc) is 1.31. The van der Waals surface area contributed by atoms with Crippen molar-refractivity contribution in [1.82, 2.24) is 0 Å². The second-order valence-corrected chi connectivity index (χ2v) is 0.617. The highest BCUT2D eigenvalue weighted by atomic mass is 35.5. The maximum atomic E-state index is 9.67. The van der Waals surface area contributed by atoms with Gasteiger partial charge in [0.2, 0.25) is 5.24 Å². The van der Waals surface area contributed by atoms with Crippen LogP contribution in [0.3, 0.4) is 0 Å². The molecule has 0 aliphatic carbocycles. The summed E-state index contributed by atoms with van der Waals surface area (Å²) in [6.45, 7) is -2.62. The molecule has 2 heteroatoms. The maximum Gasteiger partial charge on any atom is 0.218 e. The molecule has 0 bridgehead atoms. The van der Waals surface area contributed by atoms with E-state index in [2.05, 4.69) is 11.6 Å². The predicted octanol–water partition coefficient (Wildman–Crippen LogP) is 0.772. The van der Waals surface area contributed by atoms with E-state index < -0.39 is 12.1 Å². The first-order valence-corrected chi connectivity index (χ1v) is 1.02. The van der Waals surface area contributed by atoms with E-state index in [0.29, 0.717) is 0 Å². The van der Waals surface area contributed by atoms with Gasteiger partial charge in [0, 0.05) is 11.0 Å². The fourth-order valence-electron chi connectivity index (χ4n) is 0. The molecule has 0 aliphatic rings. The Labute approximate surface area is 33.8 Å². The van der Waals surface area contributed by atoms with Crippen molar-refractivity contribution in [2.45, 2.75) is 6.85 Å². The van der Waals surface area contributed by atoms with E-state index in [1.807, 2.05) is 0 Å². The van der Waals surface area contributed by atoms with Crippen LogP contribution in [0.5, 0.6) is 0 Å². The molecule has 0 saturated heterocycles. The van der Waals surface area contributed by atoms with Gasteiger partial charge in [-0.2, -0.15) is 0 Å². The highest BCUT2D eigenvalue weighted by Crippen LogP contribution is 1.67. The first-order valence-electron chi connectivity index (χ1n) is 2.14. The lowest BCUT2D eigenvalue weighted by Gasteiger charge is -1.52. The lowest BCUT2D eigenvalue weighted by atomic mass is 11.9. The normalized spacial score (nSPS) is 20.8. The Balaban J connectivity index is 3.79. The van der Waals surface area contributed by atoms with Gasteiger partial charge in [0.25, 0.3) is 0 Å². The van der Waals surface area contributed by atoms with Crippen LogP contribution in [0, 0.1) is 0 Å². The van der Waals surface area contributed by atoms with E-state index in [-0.39, 0.29) is 0 Å². The molecule has 0 fully saturated rings. The van der Waals surface area contributed by atoms with Crippen molar-refractivity contribution >= 4 is 16.8 Å². The van der Waals surface area contributed by atoms with Gasteiger partial charge < -0.3 is 0 Å². The second kappa shape index (κ2) is 1.30. The van der Waals surface area contributed by atoms with E-state index in [4.69, 9.17) is 4.11 Å². The average molecular weight is 83.5 g/mol. The smallest absolute Gasteiger partial charge is 0.218 e. The topological polar surface area (TPSA) is 17.1 Å². The van der Waals surface area contributed by atoms with Crippen LogP contribution in [-0.2, 0) is 4.79 Å². The molecule has 0 atom stereocenters. The van der Waals surface area contributed by atoms with Crippen molar-refractivity contribution in [3.8, 4) is 0 Å².